The molecule has 0 saturated heterocycles. The van der Waals surface area contributed by atoms with Crippen molar-refractivity contribution in [3.05, 3.63) is 10.4 Å². The second-order valence-electron chi connectivity index (χ2n) is 2.90. The highest BCUT2D eigenvalue weighted by molar-refractivity contribution is 6.60. The van der Waals surface area contributed by atoms with Gasteiger partial charge in [0.25, 0.3) is 0 Å². The highest BCUT2D eigenvalue weighted by atomic mass is 19.4. The lowest BCUT2D eigenvalue weighted by molar-refractivity contribution is 0.280. The number of rotatable bonds is 5. The Labute approximate surface area is 74.4 Å². The Bertz CT molecular complexity index is 198. The van der Waals surface area contributed by atoms with Crippen LogP contribution in [0.25, 0.3) is 10.4 Å². The molecule has 1 atom stereocenters. The third-order valence-electron chi connectivity index (χ3n) is 1.69. The minimum Gasteiger partial charge on any atom is -0.448 e. The summed E-state index contributed by atoms with van der Waals surface area (Å²) in [5.74, 6) is -1.48. The van der Waals surface area contributed by atoms with E-state index in [4.69, 9.17) is 5.53 Å². The van der Waals surface area contributed by atoms with Gasteiger partial charge in [0, 0.05) is 11.5 Å². The van der Waals surface area contributed by atoms with Crippen LogP contribution in [0.5, 0.6) is 0 Å². The third kappa shape index (κ3) is 4.64. The SMILES string of the molecule is CN(C)C(CCN=[N+]=[N-])[B-](F)(F)F. The number of hydrogen-bond donors (Lipinski definition) is 0. The molecule has 0 radical (unpaired) electrons. The molecule has 0 aromatic heterocycles. The van der Waals surface area contributed by atoms with Gasteiger partial charge in [0.15, 0.2) is 0 Å². The van der Waals surface area contributed by atoms with Crippen molar-refractivity contribution in [1.29, 1.82) is 0 Å². The zero-order valence-corrected chi connectivity index (χ0v) is 7.49. The Morgan fingerprint density at radius 3 is 2.31 bits per heavy atom. The molecule has 13 heavy (non-hydrogen) atoms. The lowest BCUT2D eigenvalue weighted by atomic mass is 9.76. The Balaban J connectivity index is 4.19. The first-order chi connectivity index (χ1) is 5.89. The van der Waals surface area contributed by atoms with Gasteiger partial charge in [0.2, 0.25) is 0 Å². The number of halogens is 3. The summed E-state index contributed by atoms with van der Waals surface area (Å²) in [6.45, 7) is -5.02. The third-order valence-corrected chi connectivity index (χ3v) is 1.69. The van der Waals surface area contributed by atoms with Crippen LogP contribution < -0.4 is 0 Å². The first kappa shape index (κ1) is 12.1. The van der Waals surface area contributed by atoms with Gasteiger partial charge in [0.1, 0.15) is 0 Å². The molecule has 0 N–H and O–H groups in total. The summed E-state index contributed by atoms with van der Waals surface area (Å²) < 4.78 is 36.9. The standard InChI is InChI=1S/C5H11BF3N4/c1-13(2)5(6(7,8)9)3-4-11-12-10/h5H,3-4H2,1-2H3/q-1. The molecule has 76 valence electrons. The van der Waals surface area contributed by atoms with E-state index < -0.39 is 12.9 Å². The topological polar surface area (TPSA) is 52.0 Å². The molecular weight excluding hydrogens is 184 g/mol. The quantitative estimate of drug-likeness (QED) is 0.286. The van der Waals surface area contributed by atoms with Gasteiger partial charge in [-0.2, -0.15) is 0 Å². The molecule has 0 aliphatic heterocycles. The molecule has 0 aliphatic rings. The van der Waals surface area contributed by atoms with Gasteiger partial charge in [-0.3, -0.25) is 0 Å². The van der Waals surface area contributed by atoms with Crippen molar-refractivity contribution in [2.45, 2.75) is 12.4 Å². The Morgan fingerprint density at radius 1 is 1.46 bits per heavy atom. The summed E-state index contributed by atoms with van der Waals surface area (Å²) in [7, 11) is 2.71. The predicted molar refractivity (Wildman–Crippen MR) is 45.2 cm³/mol. The van der Waals surface area contributed by atoms with Crippen molar-refractivity contribution in [2.24, 2.45) is 5.11 Å². The fourth-order valence-corrected chi connectivity index (χ4v) is 1.02. The zero-order valence-electron chi connectivity index (χ0n) is 7.49. The average molecular weight is 195 g/mol. The maximum absolute atomic E-state index is 12.3. The van der Waals surface area contributed by atoms with Crippen molar-refractivity contribution < 1.29 is 12.9 Å². The highest BCUT2D eigenvalue weighted by Crippen LogP contribution is 2.20. The van der Waals surface area contributed by atoms with E-state index in [0.29, 0.717) is 0 Å². The average Bonchev–Trinajstić information content (AvgIpc) is 1.94. The van der Waals surface area contributed by atoms with Gasteiger partial charge in [-0.1, -0.05) is 11.5 Å². The van der Waals surface area contributed by atoms with E-state index >= 15 is 0 Å². The monoisotopic (exact) mass is 195 g/mol. The molecule has 0 rings (SSSR count). The summed E-state index contributed by atoms with van der Waals surface area (Å²) in [5, 5.41) is 3.07. The molecule has 0 aliphatic carbocycles. The van der Waals surface area contributed by atoms with Crippen LogP contribution in [0.15, 0.2) is 5.11 Å². The van der Waals surface area contributed by atoms with E-state index in [1.54, 1.807) is 0 Å². The molecule has 0 heterocycles. The fourth-order valence-electron chi connectivity index (χ4n) is 1.02. The van der Waals surface area contributed by atoms with Gasteiger partial charge >= 0.3 is 6.98 Å². The molecule has 0 amide bonds. The fraction of sp³-hybridized carbons (Fsp3) is 1.00. The zero-order chi connectivity index (χ0) is 10.5. The molecule has 0 aromatic rings. The van der Waals surface area contributed by atoms with E-state index in [9.17, 15) is 12.9 Å². The van der Waals surface area contributed by atoms with Crippen LogP contribution in [0, 0.1) is 0 Å². The van der Waals surface area contributed by atoms with Crippen LogP contribution >= 0.6 is 0 Å². The van der Waals surface area contributed by atoms with E-state index in [0.717, 1.165) is 4.90 Å². The van der Waals surface area contributed by atoms with Crippen molar-refractivity contribution in [3.8, 4) is 0 Å². The van der Waals surface area contributed by atoms with E-state index in [1.165, 1.54) is 14.1 Å². The van der Waals surface area contributed by atoms with Crippen molar-refractivity contribution in [2.75, 3.05) is 20.6 Å². The number of nitrogens with zero attached hydrogens (tertiary/aromatic N) is 4. The summed E-state index contributed by atoms with van der Waals surface area (Å²) in [4.78, 5) is 3.49. The van der Waals surface area contributed by atoms with E-state index in [-0.39, 0.29) is 13.0 Å². The molecule has 1 unspecified atom stereocenters. The first-order valence-corrected chi connectivity index (χ1v) is 3.77. The first-order valence-electron chi connectivity index (χ1n) is 3.77. The summed E-state index contributed by atoms with van der Waals surface area (Å²) in [6, 6.07) is 0. The minimum absolute atomic E-state index is 0.124. The molecule has 8 heteroatoms. The Morgan fingerprint density at radius 2 is 2.00 bits per heavy atom. The van der Waals surface area contributed by atoms with Crippen LogP contribution in [0.4, 0.5) is 12.9 Å². The maximum Gasteiger partial charge on any atom is 0.495 e. The van der Waals surface area contributed by atoms with Crippen molar-refractivity contribution >= 4 is 6.98 Å². The summed E-state index contributed by atoms with van der Waals surface area (Å²) in [6.07, 6.45) is -0.180. The van der Waals surface area contributed by atoms with E-state index in [1.807, 2.05) is 0 Å². The van der Waals surface area contributed by atoms with Crippen LogP contribution in [0.2, 0.25) is 0 Å². The van der Waals surface area contributed by atoms with Gasteiger partial charge in [-0.05, 0) is 25.6 Å². The number of azide groups is 1. The molecule has 0 saturated carbocycles. The van der Waals surface area contributed by atoms with Gasteiger partial charge < -0.3 is 17.8 Å². The van der Waals surface area contributed by atoms with Gasteiger partial charge in [-0.25, -0.2) is 0 Å². The molecule has 0 bridgehead atoms. The Hall–Kier alpha value is -0.875. The van der Waals surface area contributed by atoms with Crippen LogP contribution in [0.3, 0.4) is 0 Å². The molecule has 0 spiro atoms. The summed E-state index contributed by atoms with van der Waals surface area (Å²) in [5.41, 5.74) is 7.89. The van der Waals surface area contributed by atoms with Crippen LogP contribution in [-0.2, 0) is 0 Å². The van der Waals surface area contributed by atoms with Gasteiger partial charge in [0.05, 0.1) is 0 Å². The lowest BCUT2D eigenvalue weighted by Gasteiger charge is -2.32. The highest BCUT2D eigenvalue weighted by Gasteiger charge is 2.35. The largest absolute Gasteiger partial charge is 0.495 e. The second kappa shape index (κ2) is 4.99. The van der Waals surface area contributed by atoms with E-state index in [2.05, 4.69) is 10.0 Å². The molecule has 0 fully saturated rings. The summed E-state index contributed by atoms with van der Waals surface area (Å²) >= 11 is 0. The van der Waals surface area contributed by atoms with Gasteiger partial charge in [-0.15, -0.1) is 0 Å². The normalized spacial score (nSPS) is 14.0. The van der Waals surface area contributed by atoms with Crippen molar-refractivity contribution in [3.63, 3.8) is 0 Å². The molecule has 0 aromatic carbocycles. The van der Waals surface area contributed by atoms with Crippen LogP contribution in [-0.4, -0.2) is 38.5 Å². The minimum atomic E-state index is -4.89. The Kier molecular flexibility index (Phi) is 4.65. The second-order valence-corrected chi connectivity index (χ2v) is 2.90. The molecule has 4 nitrogen and oxygen atoms in total. The molecular formula is C5H11BF3N4-. The maximum atomic E-state index is 12.3. The smallest absolute Gasteiger partial charge is 0.448 e. The number of hydrogen-bond acceptors (Lipinski definition) is 2. The van der Waals surface area contributed by atoms with Crippen molar-refractivity contribution in [1.82, 2.24) is 4.90 Å². The van der Waals surface area contributed by atoms with Crippen LogP contribution in [0.1, 0.15) is 6.42 Å². The predicted octanol–water partition coefficient (Wildman–Crippen LogP) is 2.00. The lowest BCUT2D eigenvalue weighted by Crippen LogP contribution is -2.46.